The zero-order valence-electron chi connectivity index (χ0n) is 19.1. The van der Waals surface area contributed by atoms with Gasteiger partial charge in [-0.25, -0.2) is 9.97 Å². The molecule has 1 fully saturated rings. The van der Waals surface area contributed by atoms with Crippen molar-refractivity contribution in [3.63, 3.8) is 0 Å². The molecule has 0 spiro atoms. The number of rotatable bonds is 8. The van der Waals surface area contributed by atoms with Crippen LogP contribution in [-0.4, -0.2) is 26.8 Å². The summed E-state index contributed by atoms with van der Waals surface area (Å²) in [7, 11) is 0. The van der Waals surface area contributed by atoms with Crippen molar-refractivity contribution < 1.29 is 14.3 Å². The van der Waals surface area contributed by atoms with E-state index in [4.69, 9.17) is 27.1 Å². The number of anilines is 1. The number of amides is 2. The molecule has 3 N–H and O–H groups in total. The van der Waals surface area contributed by atoms with E-state index in [9.17, 15) is 9.59 Å². The van der Waals surface area contributed by atoms with Crippen LogP contribution in [0, 0.1) is 0 Å². The van der Waals surface area contributed by atoms with Gasteiger partial charge in [0.2, 0.25) is 11.8 Å². The second kappa shape index (κ2) is 10.4. The van der Waals surface area contributed by atoms with Gasteiger partial charge in [0.1, 0.15) is 11.3 Å². The molecule has 4 aromatic rings. The molecular formula is C26H22ClN5O3S. The number of carbonyl (C=O) groups is 2. The Morgan fingerprint density at radius 1 is 1.11 bits per heavy atom. The molecule has 0 unspecified atom stereocenters. The normalized spacial score (nSPS) is 13.1. The number of nitrogens with one attached hydrogen (secondary N) is 1. The van der Waals surface area contributed by atoms with Gasteiger partial charge in [0, 0.05) is 18.3 Å². The van der Waals surface area contributed by atoms with Crippen molar-refractivity contribution in [2.45, 2.75) is 31.6 Å². The van der Waals surface area contributed by atoms with Gasteiger partial charge < -0.3 is 15.8 Å². The van der Waals surface area contributed by atoms with Gasteiger partial charge in [0.25, 0.3) is 5.91 Å². The first kappa shape index (κ1) is 23.9. The van der Waals surface area contributed by atoms with E-state index in [2.05, 4.69) is 15.3 Å². The van der Waals surface area contributed by atoms with Crippen molar-refractivity contribution in [2.75, 3.05) is 5.32 Å². The van der Waals surface area contributed by atoms with Gasteiger partial charge in [-0.05, 0) is 54.8 Å². The Kier molecular flexibility index (Phi) is 6.92. The Morgan fingerprint density at radius 2 is 1.94 bits per heavy atom. The lowest BCUT2D eigenvalue weighted by Gasteiger charge is -2.24. The molecule has 0 atom stereocenters. The van der Waals surface area contributed by atoms with E-state index in [-0.39, 0.29) is 28.8 Å². The number of carbonyl (C=O) groups excluding carboxylic acids is 2. The molecule has 3 aromatic heterocycles. The van der Waals surface area contributed by atoms with Gasteiger partial charge in [-0.3, -0.25) is 14.6 Å². The zero-order valence-corrected chi connectivity index (χ0v) is 20.7. The number of benzene rings is 1. The monoisotopic (exact) mass is 519 g/mol. The number of aromatic nitrogens is 3. The van der Waals surface area contributed by atoms with Crippen LogP contribution >= 0.6 is 22.9 Å². The van der Waals surface area contributed by atoms with Gasteiger partial charge in [-0.15, -0.1) is 0 Å². The second-order valence-electron chi connectivity index (χ2n) is 8.39. The third-order valence-corrected chi connectivity index (χ3v) is 7.20. The third kappa shape index (κ3) is 5.22. The summed E-state index contributed by atoms with van der Waals surface area (Å²) in [5.74, 6) is -0.0954. The van der Waals surface area contributed by atoms with E-state index >= 15 is 0 Å². The first-order valence-electron chi connectivity index (χ1n) is 11.4. The van der Waals surface area contributed by atoms with Crippen LogP contribution in [0.15, 0.2) is 60.9 Å². The van der Waals surface area contributed by atoms with Crippen molar-refractivity contribution in [2.24, 2.45) is 5.73 Å². The average Bonchev–Trinajstić information content (AvgIpc) is 3.23. The van der Waals surface area contributed by atoms with Crippen LogP contribution < -0.4 is 15.8 Å². The van der Waals surface area contributed by atoms with E-state index in [0.29, 0.717) is 22.4 Å². The summed E-state index contributed by atoms with van der Waals surface area (Å²) in [6.07, 6.45) is 6.75. The number of hydrogen-bond donors (Lipinski definition) is 2. The van der Waals surface area contributed by atoms with E-state index in [1.165, 1.54) is 30.0 Å². The highest BCUT2D eigenvalue weighted by Crippen LogP contribution is 2.44. The van der Waals surface area contributed by atoms with Crippen LogP contribution in [0.5, 0.6) is 11.6 Å². The van der Waals surface area contributed by atoms with E-state index in [0.717, 1.165) is 29.1 Å². The third-order valence-electron chi connectivity index (χ3n) is 5.89. The minimum Gasteiger partial charge on any atom is -0.437 e. The molecular weight excluding hydrogens is 498 g/mol. The van der Waals surface area contributed by atoms with Crippen molar-refractivity contribution in [1.82, 2.24) is 15.0 Å². The molecule has 36 heavy (non-hydrogen) atoms. The molecule has 1 saturated carbocycles. The van der Waals surface area contributed by atoms with Gasteiger partial charge in [-0.1, -0.05) is 41.5 Å². The summed E-state index contributed by atoms with van der Waals surface area (Å²) in [4.78, 5) is 38.7. The standard InChI is InChI=1S/C26H22ClN5O3S/c27-18-13-15(9-10-20(18)35-25-17(24(28)34)7-4-12-30-25)14-21(33)31-26-32-22(16-5-3-6-16)23(36-26)19-8-1-2-11-29-19/h1-2,4,7-13,16H,3,5-6,14H2,(H2,28,34)(H,31,32,33). The quantitative estimate of drug-likeness (QED) is 0.313. The highest BCUT2D eigenvalue weighted by atomic mass is 35.5. The molecule has 0 saturated heterocycles. The van der Waals surface area contributed by atoms with Crippen molar-refractivity contribution >= 4 is 39.9 Å². The molecule has 1 aliphatic carbocycles. The minimum absolute atomic E-state index is 0.0622. The van der Waals surface area contributed by atoms with Gasteiger partial charge >= 0.3 is 0 Å². The highest BCUT2D eigenvalue weighted by molar-refractivity contribution is 7.19. The lowest BCUT2D eigenvalue weighted by Crippen LogP contribution is -2.15. The lowest BCUT2D eigenvalue weighted by atomic mass is 9.82. The molecule has 10 heteroatoms. The summed E-state index contributed by atoms with van der Waals surface area (Å²) in [6, 6.07) is 13.9. The van der Waals surface area contributed by atoms with Crippen molar-refractivity contribution in [1.29, 1.82) is 0 Å². The zero-order chi connectivity index (χ0) is 25.1. The molecule has 0 aliphatic heterocycles. The number of thiazole rings is 1. The fourth-order valence-electron chi connectivity index (χ4n) is 3.87. The highest BCUT2D eigenvalue weighted by Gasteiger charge is 2.27. The maximum atomic E-state index is 12.8. The SMILES string of the molecule is NC(=O)c1cccnc1Oc1ccc(CC(=O)Nc2nc(C3CCC3)c(-c3ccccn3)s2)cc1Cl. The number of hydrogen-bond acceptors (Lipinski definition) is 7. The summed E-state index contributed by atoms with van der Waals surface area (Å²) in [5.41, 5.74) is 8.09. The van der Waals surface area contributed by atoms with Crippen LogP contribution in [-0.2, 0) is 11.2 Å². The van der Waals surface area contributed by atoms with Crippen LogP contribution in [0.25, 0.3) is 10.6 Å². The molecule has 182 valence electrons. The van der Waals surface area contributed by atoms with Crippen LogP contribution in [0.1, 0.15) is 46.8 Å². The van der Waals surface area contributed by atoms with Crippen LogP contribution in [0.2, 0.25) is 5.02 Å². The number of nitrogens with zero attached hydrogens (tertiary/aromatic N) is 3. The summed E-state index contributed by atoms with van der Waals surface area (Å²) in [5, 5.41) is 3.76. The number of primary amides is 1. The number of ether oxygens (including phenoxy) is 1. The topological polar surface area (TPSA) is 120 Å². The molecule has 2 amide bonds. The molecule has 5 rings (SSSR count). The van der Waals surface area contributed by atoms with Crippen LogP contribution in [0.4, 0.5) is 5.13 Å². The summed E-state index contributed by atoms with van der Waals surface area (Å²) >= 11 is 7.83. The van der Waals surface area contributed by atoms with Gasteiger partial charge in [0.05, 0.1) is 27.7 Å². The Labute approximate surface area is 216 Å². The first-order chi connectivity index (χ1) is 17.5. The number of pyridine rings is 2. The molecule has 0 bridgehead atoms. The lowest BCUT2D eigenvalue weighted by molar-refractivity contribution is -0.115. The molecule has 8 nitrogen and oxygen atoms in total. The smallest absolute Gasteiger partial charge is 0.254 e. The van der Waals surface area contributed by atoms with Crippen molar-refractivity contribution in [3.05, 3.63) is 82.8 Å². The van der Waals surface area contributed by atoms with E-state index in [1.807, 2.05) is 18.2 Å². The second-order valence-corrected chi connectivity index (χ2v) is 9.79. The predicted octanol–water partition coefficient (Wildman–Crippen LogP) is 5.59. The maximum Gasteiger partial charge on any atom is 0.254 e. The molecule has 1 aliphatic rings. The van der Waals surface area contributed by atoms with Gasteiger partial charge in [-0.2, -0.15) is 0 Å². The first-order valence-corrected chi connectivity index (χ1v) is 12.6. The van der Waals surface area contributed by atoms with Gasteiger partial charge in [0.15, 0.2) is 5.13 Å². The fraction of sp³-hybridized carbons (Fsp3) is 0.192. The Balaban J connectivity index is 1.29. The molecule has 3 heterocycles. The largest absolute Gasteiger partial charge is 0.437 e. The summed E-state index contributed by atoms with van der Waals surface area (Å²) in [6.45, 7) is 0. The maximum absolute atomic E-state index is 12.8. The number of nitrogens with two attached hydrogens (primary N) is 1. The number of halogens is 1. The van der Waals surface area contributed by atoms with Crippen LogP contribution in [0.3, 0.4) is 0 Å². The Hall–Kier alpha value is -3.82. The molecule has 1 aromatic carbocycles. The molecule has 0 radical (unpaired) electrons. The predicted molar refractivity (Wildman–Crippen MR) is 139 cm³/mol. The summed E-state index contributed by atoms with van der Waals surface area (Å²) < 4.78 is 5.69. The Bertz CT molecular complexity index is 1420. The van der Waals surface area contributed by atoms with E-state index in [1.54, 1.807) is 30.5 Å². The van der Waals surface area contributed by atoms with E-state index < -0.39 is 5.91 Å². The minimum atomic E-state index is -0.656. The van der Waals surface area contributed by atoms with Crippen molar-refractivity contribution in [3.8, 4) is 22.2 Å². The Morgan fingerprint density at radius 3 is 2.64 bits per heavy atom. The average molecular weight is 520 g/mol. The fourth-order valence-corrected chi connectivity index (χ4v) is 5.16.